The normalized spacial score (nSPS) is 15.7. The molecular formula is C25H26ClN5O2S. The number of halogens is 1. The van der Waals surface area contributed by atoms with E-state index in [4.69, 9.17) is 16.6 Å². The highest BCUT2D eigenvalue weighted by molar-refractivity contribution is 7.89. The zero-order valence-corrected chi connectivity index (χ0v) is 20.7. The molecule has 0 atom stereocenters. The van der Waals surface area contributed by atoms with Gasteiger partial charge in [-0.15, -0.1) is 0 Å². The van der Waals surface area contributed by atoms with E-state index >= 15 is 0 Å². The van der Waals surface area contributed by atoms with Crippen molar-refractivity contribution < 1.29 is 8.42 Å². The van der Waals surface area contributed by atoms with Crippen LogP contribution in [0.1, 0.15) is 17.0 Å². The van der Waals surface area contributed by atoms with Crippen molar-refractivity contribution in [2.45, 2.75) is 25.3 Å². The van der Waals surface area contributed by atoms with Crippen molar-refractivity contribution in [1.29, 1.82) is 0 Å². The van der Waals surface area contributed by atoms with Crippen LogP contribution >= 0.6 is 11.6 Å². The number of hydrogen-bond donors (Lipinski definition) is 0. The molecule has 1 aliphatic heterocycles. The molecule has 0 bridgehead atoms. The van der Waals surface area contributed by atoms with E-state index in [-0.39, 0.29) is 4.90 Å². The molecule has 0 spiro atoms. The minimum Gasteiger partial charge on any atom is -0.293 e. The fourth-order valence-electron chi connectivity index (χ4n) is 4.50. The SMILES string of the molecule is Cc1cc(C)cc(-n2c(CN3CCN(S(=O)(=O)c4ccc(Cl)cc4)CC3)nc3cccnc32)c1. The number of nitrogens with zero attached hydrogens (tertiary/aromatic N) is 5. The molecule has 0 amide bonds. The van der Waals surface area contributed by atoms with Crippen LogP contribution in [-0.4, -0.2) is 58.3 Å². The van der Waals surface area contributed by atoms with Gasteiger partial charge in [0.05, 0.1) is 11.4 Å². The summed E-state index contributed by atoms with van der Waals surface area (Å²) in [4.78, 5) is 12.0. The lowest BCUT2D eigenvalue weighted by atomic mass is 10.1. The molecule has 3 heterocycles. The zero-order chi connectivity index (χ0) is 23.9. The number of benzene rings is 2. The van der Waals surface area contributed by atoms with Crippen molar-refractivity contribution in [2.75, 3.05) is 26.2 Å². The van der Waals surface area contributed by atoms with E-state index in [0.717, 1.165) is 22.7 Å². The molecule has 1 saturated heterocycles. The van der Waals surface area contributed by atoms with Crippen LogP contribution in [0.5, 0.6) is 0 Å². The van der Waals surface area contributed by atoms with Crippen molar-refractivity contribution in [3.8, 4) is 5.69 Å². The summed E-state index contributed by atoms with van der Waals surface area (Å²) in [5.41, 5.74) is 5.07. The van der Waals surface area contributed by atoms with E-state index in [1.807, 2.05) is 12.1 Å². The Hall–Kier alpha value is -2.78. The molecular weight excluding hydrogens is 470 g/mol. The van der Waals surface area contributed by atoms with Crippen LogP contribution in [0, 0.1) is 13.8 Å². The van der Waals surface area contributed by atoms with Crippen LogP contribution in [0.15, 0.2) is 65.7 Å². The Bertz CT molecular complexity index is 1420. The quantitative estimate of drug-likeness (QED) is 0.415. The van der Waals surface area contributed by atoms with Gasteiger partial charge in [-0.3, -0.25) is 9.47 Å². The average molecular weight is 496 g/mol. The summed E-state index contributed by atoms with van der Waals surface area (Å²) in [6, 6.07) is 16.6. The molecule has 2 aromatic heterocycles. The van der Waals surface area contributed by atoms with Crippen LogP contribution in [-0.2, 0) is 16.6 Å². The predicted molar refractivity (Wildman–Crippen MR) is 134 cm³/mol. The maximum absolute atomic E-state index is 13.0. The maximum atomic E-state index is 13.0. The highest BCUT2D eigenvalue weighted by Crippen LogP contribution is 2.24. The molecule has 7 nitrogen and oxygen atoms in total. The van der Waals surface area contributed by atoms with Crippen molar-refractivity contribution >= 4 is 32.8 Å². The van der Waals surface area contributed by atoms with Gasteiger partial charge in [0.25, 0.3) is 0 Å². The Morgan fingerprint density at radius 3 is 2.29 bits per heavy atom. The molecule has 4 aromatic rings. The second kappa shape index (κ2) is 9.11. The van der Waals surface area contributed by atoms with E-state index in [2.05, 4.69) is 46.5 Å². The Morgan fingerprint density at radius 1 is 0.941 bits per heavy atom. The van der Waals surface area contributed by atoms with Gasteiger partial charge in [0.2, 0.25) is 10.0 Å². The van der Waals surface area contributed by atoms with Gasteiger partial charge in [0.1, 0.15) is 11.3 Å². The van der Waals surface area contributed by atoms with Gasteiger partial charge in [0.15, 0.2) is 5.65 Å². The monoisotopic (exact) mass is 495 g/mol. The highest BCUT2D eigenvalue weighted by Gasteiger charge is 2.29. The molecule has 9 heteroatoms. The number of rotatable bonds is 5. The molecule has 0 unspecified atom stereocenters. The molecule has 176 valence electrons. The standard InChI is InChI=1S/C25H26ClN5O2S/c1-18-14-19(2)16-21(15-18)31-24(28-23-4-3-9-27-25(23)31)17-29-10-12-30(13-11-29)34(32,33)22-7-5-20(26)6-8-22/h3-9,14-16H,10-13,17H2,1-2H3. The maximum Gasteiger partial charge on any atom is 0.243 e. The van der Waals surface area contributed by atoms with Gasteiger partial charge in [0, 0.05) is 43.1 Å². The molecule has 0 N–H and O–H groups in total. The van der Waals surface area contributed by atoms with Crippen molar-refractivity contribution in [2.24, 2.45) is 0 Å². The van der Waals surface area contributed by atoms with Gasteiger partial charge in [-0.25, -0.2) is 18.4 Å². The van der Waals surface area contributed by atoms with E-state index < -0.39 is 10.0 Å². The molecule has 0 aliphatic carbocycles. The van der Waals surface area contributed by atoms with Crippen LogP contribution < -0.4 is 0 Å². The van der Waals surface area contributed by atoms with E-state index in [1.54, 1.807) is 34.8 Å². The van der Waals surface area contributed by atoms with E-state index in [1.165, 1.54) is 11.1 Å². The summed E-state index contributed by atoms with van der Waals surface area (Å²) >= 11 is 5.92. The summed E-state index contributed by atoms with van der Waals surface area (Å²) in [7, 11) is -3.54. The third-order valence-electron chi connectivity index (χ3n) is 6.10. The number of hydrogen-bond acceptors (Lipinski definition) is 5. The number of aryl methyl sites for hydroxylation is 2. The lowest BCUT2D eigenvalue weighted by Gasteiger charge is -2.33. The first-order valence-corrected chi connectivity index (χ1v) is 13.0. The second-order valence-electron chi connectivity index (χ2n) is 8.69. The summed E-state index contributed by atoms with van der Waals surface area (Å²) in [5.74, 6) is 0.896. The van der Waals surface area contributed by atoms with Crippen molar-refractivity contribution in [3.05, 3.63) is 82.8 Å². The molecule has 0 saturated carbocycles. The zero-order valence-electron chi connectivity index (χ0n) is 19.1. The molecule has 1 fully saturated rings. The lowest BCUT2D eigenvalue weighted by molar-refractivity contribution is 0.177. The van der Waals surface area contributed by atoms with Gasteiger partial charge in [-0.1, -0.05) is 17.7 Å². The number of fused-ring (bicyclic) bond motifs is 1. The Morgan fingerprint density at radius 2 is 1.62 bits per heavy atom. The van der Waals surface area contributed by atoms with E-state index in [0.29, 0.717) is 37.7 Å². The minimum atomic E-state index is -3.54. The molecule has 0 radical (unpaired) electrons. The second-order valence-corrected chi connectivity index (χ2v) is 11.1. The van der Waals surface area contributed by atoms with Crippen LogP contribution in [0.2, 0.25) is 5.02 Å². The topological polar surface area (TPSA) is 71.3 Å². The van der Waals surface area contributed by atoms with Gasteiger partial charge < -0.3 is 0 Å². The van der Waals surface area contributed by atoms with Crippen molar-refractivity contribution in [3.63, 3.8) is 0 Å². The predicted octanol–water partition coefficient (Wildman–Crippen LogP) is 4.20. The molecule has 2 aromatic carbocycles. The first-order chi connectivity index (χ1) is 16.3. The van der Waals surface area contributed by atoms with Crippen molar-refractivity contribution in [1.82, 2.24) is 23.7 Å². The fourth-order valence-corrected chi connectivity index (χ4v) is 6.05. The third-order valence-corrected chi connectivity index (χ3v) is 8.26. The summed E-state index contributed by atoms with van der Waals surface area (Å²) < 4.78 is 29.7. The molecule has 1 aliphatic rings. The summed E-state index contributed by atoms with van der Waals surface area (Å²) in [6.45, 7) is 6.87. The van der Waals surface area contributed by atoms with Crippen LogP contribution in [0.25, 0.3) is 16.9 Å². The number of aromatic nitrogens is 3. The van der Waals surface area contributed by atoms with Gasteiger partial charge >= 0.3 is 0 Å². The number of pyridine rings is 1. The van der Waals surface area contributed by atoms with Gasteiger partial charge in [-0.2, -0.15) is 4.31 Å². The number of sulfonamides is 1. The summed E-state index contributed by atoms with van der Waals surface area (Å²) in [5, 5.41) is 0.518. The summed E-state index contributed by atoms with van der Waals surface area (Å²) in [6.07, 6.45) is 1.79. The molecule has 5 rings (SSSR count). The van der Waals surface area contributed by atoms with Crippen LogP contribution in [0.4, 0.5) is 0 Å². The minimum absolute atomic E-state index is 0.271. The lowest BCUT2D eigenvalue weighted by Crippen LogP contribution is -2.48. The average Bonchev–Trinajstić information content (AvgIpc) is 3.17. The van der Waals surface area contributed by atoms with E-state index in [9.17, 15) is 8.42 Å². The number of imidazole rings is 1. The first-order valence-electron chi connectivity index (χ1n) is 11.2. The Labute approximate surface area is 204 Å². The Balaban J connectivity index is 1.38. The molecule has 34 heavy (non-hydrogen) atoms. The smallest absolute Gasteiger partial charge is 0.243 e. The number of piperazine rings is 1. The fraction of sp³-hybridized carbons (Fsp3) is 0.280. The van der Waals surface area contributed by atoms with Gasteiger partial charge in [-0.05, 0) is 73.5 Å². The third kappa shape index (κ3) is 4.46. The first kappa shape index (κ1) is 23.0. The largest absolute Gasteiger partial charge is 0.293 e. The Kier molecular flexibility index (Phi) is 6.16. The van der Waals surface area contributed by atoms with Crippen LogP contribution in [0.3, 0.4) is 0 Å². The highest BCUT2D eigenvalue weighted by atomic mass is 35.5.